The summed E-state index contributed by atoms with van der Waals surface area (Å²) >= 11 is 0. The van der Waals surface area contributed by atoms with Crippen molar-refractivity contribution in [1.82, 2.24) is 10.1 Å². The van der Waals surface area contributed by atoms with Crippen LogP contribution < -0.4 is 0 Å². The molecular formula is C18H16N4O. The maximum atomic E-state index is 5.12. The number of benzene rings is 2. The van der Waals surface area contributed by atoms with Crippen molar-refractivity contribution in [2.24, 2.45) is 9.98 Å². The first-order chi connectivity index (χ1) is 11.2. The third kappa shape index (κ3) is 4.20. The fourth-order valence-corrected chi connectivity index (χ4v) is 1.88. The van der Waals surface area contributed by atoms with Crippen LogP contribution >= 0.6 is 0 Å². The van der Waals surface area contributed by atoms with E-state index in [0.29, 0.717) is 11.7 Å². The van der Waals surface area contributed by atoms with Crippen LogP contribution in [-0.4, -0.2) is 22.6 Å². The predicted molar refractivity (Wildman–Crippen MR) is 91.2 cm³/mol. The number of hydrogen-bond acceptors (Lipinski definition) is 5. The Morgan fingerprint density at radius 2 is 1.30 bits per heavy atom. The predicted octanol–water partition coefficient (Wildman–Crippen LogP) is 4.19. The first kappa shape index (κ1) is 14.8. The van der Waals surface area contributed by atoms with Gasteiger partial charge in [-0.15, -0.1) is 0 Å². The molecule has 23 heavy (non-hydrogen) atoms. The van der Waals surface area contributed by atoms with Crippen molar-refractivity contribution < 1.29 is 4.52 Å². The van der Waals surface area contributed by atoms with Crippen LogP contribution in [-0.2, 0) is 0 Å². The van der Waals surface area contributed by atoms with Crippen molar-refractivity contribution in [3.63, 3.8) is 0 Å². The average Bonchev–Trinajstić information content (AvgIpc) is 3.02. The lowest BCUT2D eigenvalue weighted by Gasteiger charge is -1.93. The van der Waals surface area contributed by atoms with Gasteiger partial charge in [-0.1, -0.05) is 40.5 Å². The molecule has 3 rings (SSSR count). The lowest BCUT2D eigenvalue weighted by atomic mass is 10.2. The van der Waals surface area contributed by atoms with Gasteiger partial charge in [0.1, 0.15) is 0 Å². The number of aromatic nitrogens is 2. The van der Waals surface area contributed by atoms with Crippen LogP contribution in [0.15, 0.2) is 63.0 Å². The van der Waals surface area contributed by atoms with E-state index in [1.165, 1.54) is 11.1 Å². The largest absolute Gasteiger partial charge is 0.333 e. The van der Waals surface area contributed by atoms with E-state index in [0.717, 1.165) is 11.4 Å². The third-order valence-corrected chi connectivity index (χ3v) is 3.18. The van der Waals surface area contributed by atoms with Gasteiger partial charge >= 0.3 is 0 Å². The second-order valence-corrected chi connectivity index (χ2v) is 5.18. The molecule has 0 amide bonds. The van der Waals surface area contributed by atoms with Crippen molar-refractivity contribution in [3.8, 4) is 0 Å². The van der Waals surface area contributed by atoms with E-state index < -0.39 is 0 Å². The van der Waals surface area contributed by atoms with Crippen molar-refractivity contribution in [3.05, 3.63) is 71.4 Å². The van der Waals surface area contributed by atoms with Gasteiger partial charge in [-0.3, -0.25) is 9.98 Å². The van der Waals surface area contributed by atoms with Gasteiger partial charge in [0.15, 0.2) is 0 Å². The Morgan fingerprint density at radius 1 is 0.783 bits per heavy atom. The van der Waals surface area contributed by atoms with Gasteiger partial charge in [0.25, 0.3) is 5.89 Å². The molecule has 2 aromatic carbocycles. The van der Waals surface area contributed by atoms with E-state index >= 15 is 0 Å². The van der Waals surface area contributed by atoms with Gasteiger partial charge in [-0.25, -0.2) is 0 Å². The van der Waals surface area contributed by atoms with E-state index in [-0.39, 0.29) is 0 Å². The second-order valence-electron chi connectivity index (χ2n) is 5.18. The first-order valence-electron chi connectivity index (χ1n) is 7.24. The molecule has 0 atom stereocenters. The highest BCUT2D eigenvalue weighted by molar-refractivity contribution is 5.80. The number of aliphatic imine (C=N–C) groups is 2. The average molecular weight is 304 g/mol. The molecule has 5 heteroatoms. The van der Waals surface area contributed by atoms with Crippen molar-refractivity contribution >= 4 is 23.8 Å². The van der Waals surface area contributed by atoms with Crippen LogP contribution in [0, 0.1) is 13.8 Å². The van der Waals surface area contributed by atoms with Crippen LogP contribution in [0.3, 0.4) is 0 Å². The summed E-state index contributed by atoms with van der Waals surface area (Å²) in [4.78, 5) is 12.8. The van der Waals surface area contributed by atoms with E-state index in [2.05, 4.69) is 20.1 Å². The first-order valence-corrected chi connectivity index (χ1v) is 7.24. The molecular weight excluding hydrogens is 288 g/mol. The summed E-state index contributed by atoms with van der Waals surface area (Å²) in [6, 6.07) is 15.7. The van der Waals surface area contributed by atoms with Gasteiger partial charge in [0.2, 0.25) is 5.82 Å². The highest BCUT2D eigenvalue weighted by Crippen LogP contribution is 2.13. The molecule has 0 N–H and O–H groups in total. The molecule has 0 spiro atoms. The molecule has 1 heterocycles. The molecule has 0 aliphatic rings. The number of nitrogens with zero attached hydrogens (tertiary/aromatic N) is 4. The molecule has 3 aromatic rings. The van der Waals surface area contributed by atoms with Crippen LogP contribution in [0.5, 0.6) is 0 Å². The Labute approximate surface area is 134 Å². The molecule has 0 radical (unpaired) electrons. The summed E-state index contributed by atoms with van der Waals surface area (Å²) in [5, 5.41) is 3.85. The molecule has 0 bridgehead atoms. The zero-order chi connectivity index (χ0) is 16.1. The SMILES string of the molecule is Cc1ccc(/N=C/c2noc(/C=N/c3ccc(C)cc3)n2)cc1. The summed E-state index contributed by atoms with van der Waals surface area (Å²) in [7, 11) is 0. The Morgan fingerprint density at radius 3 is 1.87 bits per heavy atom. The zero-order valence-corrected chi connectivity index (χ0v) is 13.0. The highest BCUT2D eigenvalue weighted by Gasteiger charge is 2.01. The van der Waals surface area contributed by atoms with E-state index in [4.69, 9.17) is 4.52 Å². The summed E-state index contributed by atoms with van der Waals surface area (Å²) in [5.74, 6) is 0.756. The van der Waals surface area contributed by atoms with Crippen molar-refractivity contribution in [1.29, 1.82) is 0 Å². The Hall–Kier alpha value is -3.08. The van der Waals surface area contributed by atoms with Crippen molar-refractivity contribution in [2.75, 3.05) is 0 Å². The summed E-state index contributed by atoms with van der Waals surface area (Å²) in [6.45, 7) is 4.07. The minimum absolute atomic E-state index is 0.343. The zero-order valence-electron chi connectivity index (χ0n) is 13.0. The summed E-state index contributed by atoms with van der Waals surface area (Å²) in [6.07, 6.45) is 3.11. The topological polar surface area (TPSA) is 63.6 Å². The number of hydrogen-bond donors (Lipinski definition) is 0. The molecule has 0 unspecified atom stereocenters. The monoisotopic (exact) mass is 304 g/mol. The Balaban J connectivity index is 1.68. The van der Waals surface area contributed by atoms with Gasteiger partial charge < -0.3 is 4.52 Å². The van der Waals surface area contributed by atoms with Crippen LogP contribution in [0.25, 0.3) is 0 Å². The summed E-state index contributed by atoms with van der Waals surface area (Å²) in [5.41, 5.74) is 4.06. The minimum Gasteiger partial charge on any atom is -0.333 e. The highest BCUT2D eigenvalue weighted by atomic mass is 16.5. The minimum atomic E-state index is 0.343. The fourth-order valence-electron chi connectivity index (χ4n) is 1.88. The second kappa shape index (κ2) is 6.79. The van der Waals surface area contributed by atoms with Crippen LogP contribution in [0.1, 0.15) is 22.8 Å². The molecule has 114 valence electrons. The molecule has 5 nitrogen and oxygen atoms in total. The van der Waals surface area contributed by atoms with Gasteiger partial charge in [-0.2, -0.15) is 4.98 Å². The fraction of sp³-hybridized carbons (Fsp3) is 0.111. The Kier molecular flexibility index (Phi) is 4.38. The molecule has 0 aliphatic heterocycles. The molecule has 0 aliphatic carbocycles. The van der Waals surface area contributed by atoms with Gasteiger partial charge in [0, 0.05) is 0 Å². The van der Waals surface area contributed by atoms with E-state index in [1.807, 2.05) is 62.4 Å². The Bertz CT molecular complexity index is 760. The maximum Gasteiger partial charge on any atom is 0.269 e. The maximum absolute atomic E-state index is 5.12. The quantitative estimate of drug-likeness (QED) is 0.679. The van der Waals surface area contributed by atoms with E-state index in [9.17, 15) is 0 Å². The summed E-state index contributed by atoms with van der Waals surface area (Å²) < 4.78 is 5.12. The number of rotatable bonds is 4. The van der Waals surface area contributed by atoms with Crippen molar-refractivity contribution in [2.45, 2.75) is 13.8 Å². The smallest absolute Gasteiger partial charge is 0.269 e. The lowest BCUT2D eigenvalue weighted by Crippen LogP contribution is -1.85. The molecule has 1 aromatic heterocycles. The van der Waals surface area contributed by atoms with Crippen LogP contribution in [0.2, 0.25) is 0 Å². The van der Waals surface area contributed by atoms with Gasteiger partial charge in [-0.05, 0) is 38.1 Å². The molecule has 0 saturated heterocycles. The van der Waals surface area contributed by atoms with Crippen LogP contribution in [0.4, 0.5) is 11.4 Å². The standard InChI is InChI=1S/C18H16N4O/c1-13-3-7-15(8-4-13)19-11-17-21-18(23-22-17)12-20-16-9-5-14(2)6-10-16/h3-12H,1-2H3/b19-11+,20-12+. The lowest BCUT2D eigenvalue weighted by molar-refractivity contribution is 0.411. The molecule has 0 fully saturated rings. The number of aryl methyl sites for hydroxylation is 2. The molecule has 0 saturated carbocycles. The third-order valence-electron chi connectivity index (χ3n) is 3.18. The van der Waals surface area contributed by atoms with E-state index in [1.54, 1.807) is 12.4 Å². The van der Waals surface area contributed by atoms with Gasteiger partial charge in [0.05, 0.1) is 23.8 Å². The normalized spacial score (nSPS) is 11.6.